The van der Waals surface area contributed by atoms with Crippen molar-refractivity contribution in [1.82, 2.24) is 10.6 Å². The molecule has 0 aromatic heterocycles. The molecule has 0 unspecified atom stereocenters. The van der Waals surface area contributed by atoms with Crippen LogP contribution in [0.4, 0.5) is 0 Å². The minimum atomic E-state index is -0.685. The summed E-state index contributed by atoms with van der Waals surface area (Å²) in [7, 11) is 0. The van der Waals surface area contributed by atoms with Crippen LogP contribution in [-0.2, 0) is 9.59 Å². The highest BCUT2D eigenvalue weighted by molar-refractivity contribution is 5.94. The number of rotatable bonds is 6. The second kappa shape index (κ2) is 7.66. The number of amides is 2. The molecule has 130 valence electrons. The molecule has 1 aromatic rings. The molecule has 2 aliphatic rings. The van der Waals surface area contributed by atoms with Crippen molar-refractivity contribution in [3.63, 3.8) is 0 Å². The van der Waals surface area contributed by atoms with Crippen LogP contribution in [0.3, 0.4) is 0 Å². The highest BCUT2D eigenvalue weighted by Gasteiger charge is 2.43. The summed E-state index contributed by atoms with van der Waals surface area (Å²) in [5, 5.41) is 5.38. The number of hydrogen-bond donors (Lipinski definition) is 3. The SMILES string of the molecule is N[C@@H](CC1CCCCC1)C(=O)N[C@@H]1C(=O)N[C@H]1Oc1ccccc1. The predicted molar refractivity (Wildman–Crippen MR) is 90.1 cm³/mol. The number of carbonyl (C=O) groups is 2. The van der Waals surface area contributed by atoms with Gasteiger partial charge in [-0.1, -0.05) is 50.3 Å². The molecule has 1 aliphatic heterocycles. The molecule has 24 heavy (non-hydrogen) atoms. The maximum absolute atomic E-state index is 12.3. The monoisotopic (exact) mass is 331 g/mol. The van der Waals surface area contributed by atoms with Gasteiger partial charge in [0.05, 0.1) is 6.04 Å². The third-order valence-corrected chi connectivity index (χ3v) is 4.82. The van der Waals surface area contributed by atoms with E-state index in [1.165, 1.54) is 19.3 Å². The van der Waals surface area contributed by atoms with Crippen LogP contribution in [0, 0.1) is 5.92 Å². The van der Waals surface area contributed by atoms with Gasteiger partial charge in [-0.15, -0.1) is 0 Å². The van der Waals surface area contributed by atoms with Gasteiger partial charge in [-0.3, -0.25) is 9.59 Å². The Morgan fingerprint density at radius 1 is 1.25 bits per heavy atom. The van der Waals surface area contributed by atoms with Crippen LogP contribution >= 0.6 is 0 Å². The average molecular weight is 331 g/mol. The van der Waals surface area contributed by atoms with E-state index in [0.717, 1.165) is 12.8 Å². The van der Waals surface area contributed by atoms with E-state index in [1.54, 1.807) is 12.1 Å². The highest BCUT2D eigenvalue weighted by Crippen LogP contribution is 2.27. The minimum Gasteiger partial charge on any atom is -0.468 e. The van der Waals surface area contributed by atoms with Crippen molar-refractivity contribution in [1.29, 1.82) is 0 Å². The Kier molecular flexibility index (Phi) is 5.35. The van der Waals surface area contributed by atoms with Crippen molar-refractivity contribution < 1.29 is 14.3 Å². The number of carbonyl (C=O) groups excluding carboxylic acids is 2. The van der Waals surface area contributed by atoms with Gasteiger partial charge in [0.1, 0.15) is 5.75 Å². The van der Waals surface area contributed by atoms with Crippen LogP contribution in [0.1, 0.15) is 38.5 Å². The largest absolute Gasteiger partial charge is 0.468 e. The molecule has 0 spiro atoms. The summed E-state index contributed by atoms with van der Waals surface area (Å²) in [6, 6.07) is 7.94. The highest BCUT2D eigenvalue weighted by atomic mass is 16.5. The van der Waals surface area contributed by atoms with Crippen molar-refractivity contribution in [2.75, 3.05) is 0 Å². The third kappa shape index (κ3) is 4.06. The molecule has 2 fully saturated rings. The zero-order valence-electron chi connectivity index (χ0n) is 13.7. The summed E-state index contributed by atoms with van der Waals surface area (Å²) in [5.74, 6) is 0.649. The summed E-state index contributed by atoms with van der Waals surface area (Å²) in [6.07, 6.45) is 6.14. The van der Waals surface area contributed by atoms with Crippen molar-refractivity contribution >= 4 is 11.8 Å². The number of ether oxygens (including phenoxy) is 1. The second-order valence-corrected chi connectivity index (χ2v) is 6.69. The zero-order chi connectivity index (χ0) is 16.9. The number of β-lactam (4-membered cyclic amide) rings is 1. The first-order chi connectivity index (χ1) is 11.6. The number of benzene rings is 1. The average Bonchev–Trinajstić information content (AvgIpc) is 2.61. The smallest absolute Gasteiger partial charge is 0.251 e. The quantitative estimate of drug-likeness (QED) is 0.685. The Balaban J connectivity index is 1.49. The lowest BCUT2D eigenvalue weighted by Crippen LogP contribution is -2.72. The fourth-order valence-corrected chi connectivity index (χ4v) is 3.39. The lowest BCUT2D eigenvalue weighted by molar-refractivity contribution is -0.143. The van der Waals surface area contributed by atoms with E-state index in [4.69, 9.17) is 10.5 Å². The van der Waals surface area contributed by atoms with Gasteiger partial charge in [0.25, 0.3) is 5.91 Å². The molecule has 0 radical (unpaired) electrons. The van der Waals surface area contributed by atoms with Gasteiger partial charge >= 0.3 is 0 Å². The van der Waals surface area contributed by atoms with Gasteiger partial charge < -0.3 is 21.1 Å². The van der Waals surface area contributed by atoms with Crippen LogP contribution < -0.4 is 21.1 Å². The molecular weight excluding hydrogens is 306 g/mol. The summed E-state index contributed by atoms with van der Waals surface area (Å²) >= 11 is 0. The standard InChI is InChI=1S/C18H25N3O3/c19-14(11-12-7-3-1-4-8-12)16(22)20-15-17(23)21-18(15)24-13-9-5-2-6-10-13/h2,5-6,9-10,12,14-15,18H,1,3-4,7-8,11,19H2,(H,20,22)(H,21,23)/t14-,15+,18-/m0/s1. The third-order valence-electron chi connectivity index (χ3n) is 4.82. The fraction of sp³-hybridized carbons (Fsp3) is 0.556. The topological polar surface area (TPSA) is 93.5 Å². The summed E-state index contributed by atoms with van der Waals surface area (Å²) in [4.78, 5) is 24.0. The Morgan fingerprint density at radius 2 is 1.96 bits per heavy atom. The Morgan fingerprint density at radius 3 is 2.62 bits per heavy atom. The molecule has 3 rings (SSSR count). The Hall–Kier alpha value is -2.08. The first kappa shape index (κ1) is 16.8. The van der Waals surface area contributed by atoms with Crippen molar-refractivity contribution in [3.05, 3.63) is 30.3 Å². The van der Waals surface area contributed by atoms with E-state index in [9.17, 15) is 9.59 Å². The lowest BCUT2D eigenvalue weighted by Gasteiger charge is -2.37. The molecule has 1 saturated carbocycles. The van der Waals surface area contributed by atoms with Crippen LogP contribution in [0.5, 0.6) is 5.75 Å². The first-order valence-corrected chi connectivity index (χ1v) is 8.71. The second-order valence-electron chi connectivity index (χ2n) is 6.69. The molecule has 1 aliphatic carbocycles. The summed E-state index contributed by atoms with van der Waals surface area (Å²) in [6.45, 7) is 0. The van der Waals surface area contributed by atoms with E-state index in [-0.39, 0.29) is 11.8 Å². The van der Waals surface area contributed by atoms with E-state index in [1.807, 2.05) is 18.2 Å². The van der Waals surface area contributed by atoms with Crippen molar-refractivity contribution in [2.24, 2.45) is 11.7 Å². The van der Waals surface area contributed by atoms with E-state index in [0.29, 0.717) is 18.1 Å². The minimum absolute atomic E-state index is 0.242. The van der Waals surface area contributed by atoms with Crippen molar-refractivity contribution in [3.8, 4) is 5.75 Å². The number of nitrogens with two attached hydrogens (primary N) is 1. The molecular formula is C18H25N3O3. The Bertz CT molecular complexity index is 572. The van der Waals surface area contributed by atoms with E-state index >= 15 is 0 Å². The molecule has 1 aromatic carbocycles. The zero-order valence-corrected chi connectivity index (χ0v) is 13.7. The normalized spacial score (nSPS) is 25.3. The molecule has 2 amide bonds. The van der Waals surface area contributed by atoms with E-state index < -0.39 is 18.3 Å². The Labute approximate surface area is 142 Å². The molecule has 1 heterocycles. The van der Waals surface area contributed by atoms with Gasteiger partial charge in [-0.05, 0) is 24.5 Å². The molecule has 0 bridgehead atoms. The van der Waals surface area contributed by atoms with Crippen LogP contribution in [0.2, 0.25) is 0 Å². The molecule has 6 heteroatoms. The molecule has 3 atom stereocenters. The predicted octanol–water partition coefficient (Wildman–Crippen LogP) is 1.30. The van der Waals surface area contributed by atoms with Gasteiger partial charge in [0, 0.05) is 0 Å². The lowest BCUT2D eigenvalue weighted by atomic mass is 9.85. The maximum Gasteiger partial charge on any atom is 0.251 e. The first-order valence-electron chi connectivity index (χ1n) is 8.71. The van der Waals surface area contributed by atoms with Crippen LogP contribution in [0.15, 0.2) is 30.3 Å². The molecule has 4 N–H and O–H groups in total. The van der Waals surface area contributed by atoms with Crippen molar-refractivity contribution in [2.45, 2.75) is 56.8 Å². The number of hydrogen-bond acceptors (Lipinski definition) is 4. The van der Waals surface area contributed by atoms with Crippen LogP contribution in [0.25, 0.3) is 0 Å². The van der Waals surface area contributed by atoms with E-state index in [2.05, 4.69) is 10.6 Å². The van der Waals surface area contributed by atoms with Crippen LogP contribution in [-0.4, -0.2) is 30.1 Å². The number of para-hydroxylation sites is 1. The van der Waals surface area contributed by atoms with Gasteiger partial charge in [0.15, 0.2) is 6.04 Å². The number of nitrogens with one attached hydrogen (secondary N) is 2. The fourth-order valence-electron chi connectivity index (χ4n) is 3.39. The molecule has 6 nitrogen and oxygen atoms in total. The molecule has 1 saturated heterocycles. The summed E-state index contributed by atoms with van der Waals surface area (Å²) < 4.78 is 5.68. The van der Waals surface area contributed by atoms with Gasteiger partial charge in [-0.25, -0.2) is 0 Å². The van der Waals surface area contributed by atoms with Gasteiger partial charge in [0.2, 0.25) is 12.1 Å². The maximum atomic E-state index is 12.3. The summed E-state index contributed by atoms with van der Waals surface area (Å²) in [5.41, 5.74) is 6.03. The van der Waals surface area contributed by atoms with Gasteiger partial charge in [-0.2, -0.15) is 0 Å².